The molecular formula is C8H20NO2+. The highest BCUT2D eigenvalue weighted by molar-refractivity contribution is 4.38. The van der Waals surface area contributed by atoms with Gasteiger partial charge in [-0.2, -0.15) is 4.65 Å². The van der Waals surface area contributed by atoms with Crippen LogP contribution in [0.15, 0.2) is 0 Å². The average Bonchev–Trinajstić information content (AvgIpc) is 2.10. The molecule has 1 rings (SSSR count). The van der Waals surface area contributed by atoms with Gasteiger partial charge in [0.2, 0.25) is 0 Å². The highest BCUT2D eigenvalue weighted by Gasteiger charge is 2.25. The Morgan fingerprint density at radius 2 is 1.64 bits per heavy atom. The first-order valence-electron chi connectivity index (χ1n) is 4.25. The highest BCUT2D eigenvalue weighted by atomic mass is 16.7. The predicted molar refractivity (Wildman–Crippen MR) is 45.1 cm³/mol. The maximum Gasteiger partial charge on any atom is 0.132 e. The number of hydrogen-bond acceptors (Lipinski definition) is 2. The molecular weight excluding hydrogens is 142 g/mol. The van der Waals surface area contributed by atoms with Crippen LogP contribution >= 0.6 is 0 Å². The topological polar surface area (TPSA) is 18.5 Å². The lowest BCUT2D eigenvalue weighted by Crippen LogP contribution is -2.50. The van der Waals surface area contributed by atoms with Crippen LogP contribution in [0.1, 0.15) is 13.8 Å². The fraction of sp³-hybridized carbons (Fsp3) is 1.00. The van der Waals surface area contributed by atoms with E-state index in [1.165, 1.54) is 0 Å². The summed E-state index contributed by atoms with van der Waals surface area (Å²) in [5.74, 6) is 0. The Morgan fingerprint density at radius 3 is 1.91 bits per heavy atom. The van der Waals surface area contributed by atoms with Gasteiger partial charge in [0.1, 0.15) is 13.1 Å². The monoisotopic (exact) mass is 162 g/mol. The van der Waals surface area contributed by atoms with Crippen LogP contribution in [-0.4, -0.2) is 45.1 Å². The summed E-state index contributed by atoms with van der Waals surface area (Å²) < 4.78 is 5.87. The van der Waals surface area contributed by atoms with Crippen molar-refractivity contribution in [3.8, 4) is 0 Å². The van der Waals surface area contributed by atoms with Crippen molar-refractivity contribution in [2.45, 2.75) is 13.8 Å². The van der Waals surface area contributed by atoms with Crippen molar-refractivity contribution >= 4 is 0 Å². The molecule has 1 aliphatic rings. The molecule has 0 aromatic heterocycles. The van der Waals surface area contributed by atoms with E-state index in [1.54, 1.807) is 7.11 Å². The summed E-state index contributed by atoms with van der Waals surface area (Å²) in [5.41, 5.74) is 0. The number of nitrogens with zero attached hydrogens (tertiary/aromatic N) is 1. The summed E-state index contributed by atoms with van der Waals surface area (Å²) in [6.45, 7) is 7.59. The molecule has 0 N–H and O–H groups in total. The Morgan fingerprint density at radius 1 is 1.18 bits per heavy atom. The second-order valence-electron chi connectivity index (χ2n) is 2.54. The van der Waals surface area contributed by atoms with Crippen molar-refractivity contribution in [2.24, 2.45) is 0 Å². The largest absolute Gasteiger partial charge is 0.370 e. The van der Waals surface area contributed by atoms with E-state index in [9.17, 15) is 0 Å². The molecule has 11 heavy (non-hydrogen) atoms. The van der Waals surface area contributed by atoms with Gasteiger partial charge in [0.15, 0.2) is 0 Å². The maximum atomic E-state index is 5.24. The Kier molecular flexibility index (Phi) is 5.46. The number of hydrogen-bond donors (Lipinski definition) is 0. The van der Waals surface area contributed by atoms with E-state index < -0.39 is 0 Å². The van der Waals surface area contributed by atoms with Crippen LogP contribution in [0.5, 0.6) is 0 Å². The summed E-state index contributed by atoms with van der Waals surface area (Å²) in [7, 11) is 3.81. The molecule has 1 heterocycles. The third-order valence-corrected chi connectivity index (χ3v) is 1.86. The van der Waals surface area contributed by atoms with E-state index in [4.69, 9.17) is 9.57 Å². The van der Waals surface area contributed by atoms with E-state index in [0.717, 1.165) is 26.3 Å². The van der Waals surface area contributed by atoms with Gasteiger partial charge in [-0.05, 0) is 0 Å². The van der Waals surface area contributed by atoms with Crippen LogP contribution < -0.4 is 0 Å². The molecule has 1 saturated heterocycles. The SMILES string of the molecule is CC.CO[N+]1(C)CCOCC1. The van der Waals surface area contributed by atoms with Crippen molar-refractivity contribution in [3.05, 3.63) is 0 Å². The van der Waals surface area contributed by atoms with Crippen LogP contribution in [-0.2, 0) is 9.57 Å². The molecule has 68 valence electrons. The van der Waals surface area contributed by atoms with Gasteiger partial charge < -0.3 is 4.74 Å². The molecule has 0 aromatic carbocycles. The van der Waals surface area contributed by atoms with Gasteiger partial charge in [0, 0.05) is 0 Å². The summed E-state index contributed by atoms with van der Waals surface area (Å²) in [4.78, 5) is 5.24. The number of rotatable bonds is 1. The Balaban J connectivity index is 0.000000461. The van der Waals surface area contributed by atoms with Crippen LogP contribution in [0.2, 0.25) is 0 Å². The number of hydroxylamine groups is 3. The van der Waals surface area contributed by atoms with E-state index >= 15 is 0 Å². The molecule has 3 heteroatoms. The lowest BCUT2D eigenvalue weighted by atomic mass is 10.4. The van der Waals surface area contributed by atoms with Crippen molar-refractivity contribution < 1.29 is 14.2 Å². The molecule has 0 saturated carbocycles. The number of morpholine rings is 1. The highest BCUT2D eigenvalue weighted by Crippen LogP contribution is 2.05. The fourth-order valence-corrected chi connectivity index (χ4v) is 0.912. The zero-order valence-corrected chi connectivity index (χ0v) is 8.09. The third-order valence-electron chi connectivity index (χ3n) is 1.86. The first-order valence-corrected chi connectivity index (χ1v) is 4.25. The zero-order chi connectivity index (χ0) is 8.74. The minimum absolute atomic E-state index is 0.694. The lowest BCUT2D eigenvalue weighted by molar-refractivity contribution is -1.09. The maximum absolute atomic E-state index is 5.24. The van der Waals surface area contributed by atoms with Crippen molar-refractivity contribution in [1.82, 2.24) is 0 Å². The van der Waals surface area contributed by atoms with Crippen molar-refractivity contribution in [2.75, 3.05) is 40.5 Å². The van der Waals surface area contributed by atoms with E-state index in [-0.39, 0.29) is 0 Å². The number of likely N-dealkylation sites (N-methyl/N-ethyl adjacent to an activating group) is 1. The first kappa shape index (κ1) is 10.9. The Bertz CT molecular complexity index is 90.1. The summed E-state index contributed by atoms with van der Waals surface area (Å²) in [5, 5.41) is 0. The Labute approximate surface area is 69.4 Å². The van der Waals surface area contributed by atoms with Crippen LogP contribution in [0, 0.1) is 0 Å². The van der Waals surface area contributed by atoms with Gasteiger partial charge in [-0.3, -0.25) is 0 Å². The second kappa shape index (κ2) is 5.52. The number of quaternary nitrogens is 1. The van der Waals surface area contributed by atoms with Crippen LogP contribution in [0.25, 0.3) is 0 Å². The van der Waals surface area contributed by atoms with E-state index in [2.05, 4.69) is 7.05 Å². The van der Waals surface area contributed by atoms with Gasteiger partial charge in [0.05, 0.1) is 27.4 Å². The molecule has 1 fully saturated rings. The standard InChI is InChI=1S/C6H14NO2.C2H6/c1-7(8-2)3-5-9-6-4-7;1-2/h3-6H2,1-2H3;1-2H3/q+1;. The number of ether oxygens (including phenoxy) is 1. The molecule has 0 unspecified atom stereocenters. The molecule has 0 spiro atoms. The van der Waals surface area contributed by atoms with Gasteiger partial charge in [-0.1, -0.05) is 13.8 Å². The molecule has 0 aliphatic carbocycles. The van der Waals surface area contributed by atoms with Gasteiger partial charge >= 0.3 is 0 Å². The Hall–Kier alpha value is -0.120. The summed E-state index contributed by atoms with van der Waals surface area (Å²) in [6, 6.07) is 0. The fourth-order valence-electron chi connectivity index (χ4n) is 0.912. The van der Waals surface area contributed by atoms with Crippen LogP contribution in [0.3, 0.4) is 0 Å². The van der Waals surface area contributed by atoms with Crippen molar-refractivity contribution in [1.29, 1.82) is 0 Å². The molecule has 0 amide bonds. The second-order valence-corrected chi connectivity index (χ2v) is 2.54. The quantitative estimate of drug-likeness (QED) is 0.537. The minimum Gasteiger partial charge on any atom is -0.370 e. The first-order chi connectivity index (χ1) is 5.27. The molecule has 0 atom stereocenters. The van der Waals surface area contributed by atoms with Gasteiger partial charge in [0.25, 0.3) is 0 Å². The smallest absolute Gasteiger partial charge is 0.132 e. The lowest BCUT2D eigenvalue weighted by Gasteiger charge is -2.32. The van der Waals surface area contributed by atoms with Gasteiger partial charge in [-0.15, -0.1) is 0 Å². The molecule has 0 radical (unpaired) electrons. The van der Waals surface area contributed by atoms with E-state index in [0.29, 0.717) is 4.65 Å². The third kappa shape index (κ3) is 3.70. The minimum atomic E-state index is 0.694. The normalized spacial score (nSPS) is 21.8. The van der Waals surface area contributed by atoms with Crippen molar-refractivity contribution in [3.63, 3.8) is 0 Å². The molecule has 0 bridgehead atoms. The molecule has 1 aliphatic heterocycles. The molecule has 0 aromatic rings. The predicted octanol–water partition coefficient (Wildman–Crippen LogP) is 1.05. The van der Waals surface area contributed by atoms with E-state index in [1.807, 2.05) is 13.8 Å². The average molecular weight is 162 g/mol. The molecule has 3 nitrogen and oxygen atoms in total. The van der Waals surface area contributed by atoms with Gasteiger partial charge in [-0.25, -0.2) is 4.84 Å². The summed E-state index contributed by atoms with van der Waals surface area (Å²) >= 11 is 0. The van der Waals surface area contributed by atoms with Crippen LogP contribution in [0.4, 0.5) is 0 Å². The summed E-state index contributed by atoms with van der Waals surface area (Å²) in [6.07, 6.45) is 0. The zero-order valence-electron chi connectivity index (χ0n) is 8.09.